The maximum Gasteiger partial charge on any atom is 0.416 e. The van der Waals surface area contributed by atoms with E-state index >= 15 is 0 Å². The number of ether oxygens (including phenoxy) is 1. The van der Waals surface area contributed by atoms with E-state index in [-0.39, 0.29) is 28.5 Å². The average molecular weight is 570 g/mol. The number of Topliss-reactive ketones (excluding diaryl/α,β-unsaturated/α-hetero) is 1. The molecule has 1 N–H and O–H groups in total. The monoisotopic (exact) mass is 569 g/mol. The van der Waals surface area contributed by atoms with E-state index in [1.165, 1.54) is 44.4 Å². The number of hydrogen-bond donors (Lipinski definition) is 1. The summed E-state index contributed by atoms with van der Waals surface area (Å²) in [4.78, 5) is 25.7. The first-order valence-electron chi connectivity index (χ1n) is 12.2. The molecule has 0 bridgehead atoms. The van der Waals surface area contributed by atoms with Gasteiger partial charge in [-0.3, -0.25) is 9.59 Å². The van der Waals surface area contributed by atoms with E-state index in [9.17, 15) is 27.2 Å². The molecule has 0 heterocycles. The van der Waals surface area contributed by atoms with Gasteiger partial charge < -0.3 is 10.1 Å². The topological polar surface area (TPSA) is 55.4 Å². The van der Waals surface area contributed by atoms with Gasteiger partial charge in [0.1, 0.15) is 11.6 Å². The van der Waals surface area contributed by atoms with Crippen molar-refractivity contribution in [2.45, 2.75) is 25.6 Å². The maximum atomic E-state index is 13.5. The summed E-state index contributed by atoms with van der Waals surface area (Å²) in [6, 6.07) is 20.1. The Labute approximate surface area is 233 Å². The summed E-state index contributed by atoms with van der Waals surface area (Å²) in [6.07, 6.45) is -4.24. The second kappa shape index (κ2) is 11.9. The summed E-state index contributed by atoms with van der Waals surface area (Å²) in [7, 11) is 1.39. The van der Waals surface area contributed by atoms with Gasteiger partial charge in [-0.2, -0.15) is 13.2 Å². The zero-order valence-corrected chi connectivity index (χ0v) is 22.2. The van der Waals surface area contributed by atoms with Gasteiger partial charge in [0, 0.05) is 0 Å². The maximum absolute atomic E-state index is 13.5. The molecule has 4 aromatic carbocycles. The third-order valence-corrected chi connectivity index (χ3v) is 6.72. The van der Waals surface area contributed by atoms with Crippen LogP contribution in [0.4, 0.5) is 17.6 Å². The minimum atomic E-state index is -4.46. The number of halogens is 5. The number of hydrogen-bond acceptors (Lipinski definition) is 3. The molecule has 0 aromatic heterocycles. The van der Waals surface area contributed by atoms with Gasteiger partial charge in [-0.05, 0) is 77.6 Å². The molecule has 0 aliphatic rings. The molecule has 0 radical (unpaired) electrons. The lowest BCUT2D eigenvalue weighted by Gasteiger charge is -2.18. The van der Waals surface area contributed by atoms with Crippen molar-refractivity contribution in [3.63, 3.8) is 0 Å². The first-order chi connectivity index (χ1) is 19.0. The predicted molar refractivity (Wildman–Crippen MR) is 146 cm³/mol. The largest absolute Gasteiger partial charge is 0.496 e. The van der Waals surface area contributed by atoms with Gasteiger partial charge in [0.05, 0.1) is 29.3 Å². The summed E-state index contributed by atoms with van der Waals surface area (Å²) in [5.41, 5.74) is 2.67. The molecule has 4 nitrogen and oxygen atoms in total. The minimum absolute atomic E-state index is 0.0127. The van der Waals surface area contributed by atoms with Crippen molar-refractivity contribution in [3.05, 3.63) is 112 Å². The predicted octanol–water partition coefficient (Wildman–Crippen LogP) is 7.77. The van der Waals surface area contributed by atoms with Crippen LogP contribution in [0, 0.1) is 5.82 Å². The van der Waals surface area contributed by atoms with Gasteiger partial charge in [-0.1, -0.05) is 60.1 Å². The second-order valence-electron chi connectivity index (χ2n) is 9.16. The van der Waals surface area contributed by atoms with Gasteiger partial charge in [-0.15, -0.1) is 0 Å². The van der Waals surface area contributed by atoms with Crippen LogP contribution in [0.5, 0.6) is 5.75 Å². The molecule has 9 heteroatoms. The SMILES string of the molecule is COc1ccc(-c2ccc(C(F)(F)F)cc2)cc1C(=O)N[C@H](Cc1ccc(-c2ccc(F)c(Cl)c2)cc1)C(C)=O. The first-order valence-corrected chi connectivity index (χ1v) is 12.6. The van der Waals surface area contributed by atoms with Crippen molar-refractivity contribution in [2.24, 2.45) is 0 Å². The van der Waals surface area contributed by atoms with Crippen molar-refractivity contribution in [3.8, 4) is 28.0 Å². The zero-order chi connectivity index (χ0) is 29.0. The fourth-order valence-corrected chi connectivity index (χ4v) is 4.37. The van der Waals surface area contributed by atoms with E-state index in [4.69, 9.17) is 16.3 Å². The lowest BCUT2D eigenvalue weighted by Crippen LogP contribution is -2.41. The third-order valence-electron chi connectivity index (χ3n) is 6.43. The lowest BCUT2D eigenvalue weighted by molar-refractivity contribution is -0.137. The lowest BCUT2D eigenvalue weighted by atomic mass is 9.98. The molecule has 0 spiro atoms. The van der Waals surface area contributed by atoms with Crippen LogP contribution < -0.4 is 10.1 Å². The molecule has 0 fully saturated rings. The first kappa shape index (κ1) is 28.8. The van der Waals surface area contributed by atoms with Crippen LogP contribution in [-0.4, -0.2) is 24.8 Å². The molecule has 0 aliphatic heterocycles. The number of nitrogens with one attached hydrogen (secondary N) is 1. The molecule has 0 unspecified atom stereocenters. The smallest absolute Gasteiger partial charge is 0.416 e. The standard InChI is InChI=1S/C31H24ClF4NO3/c1-18(38)28(15-19-3-5-20(6-4-19)23-9-13-27(33)26(32)17-23)37-30(39)25-16-22(10-14-29(25)40-2)21-7-11-24(12-8-21)31(34,35)36/h3-14,16-17,28H,15H2,1-2H3,(H,37,39)/t28-/m1/s1. The number of benzene rings is 4. The fourth-order valence-electron chi connectivity index (χ4n) is 4.19. The van der Waals surface area contributed by atoms with Crippen LogP contribution in [0.1, 0.15) is 28.4 Å². The van der Waals surface area contributed by atoms with E-state index in [1.54, 1.807) is 30.3 Å². The summed E-state index contributed by atoms with van der Waals surface area (Å²) >= 11 is 5.88. The number of amides is 1. The fraction of sp³-hybridized carbons (Fsp3) is 0.161. The van der Waals surface area contributed by atoms with E-state index in [0.29, 0.717) is 11.1 Å². The van der Waals surface area contributed by atoms with Crippen LogP contribution in [0.25, 0.3) is 22.3 Å². The Morgan fingerprint density at radius 2 is 1.40 bits per heavy atom. The summed E-state index contributed by atoms with van der Waals surface area (Å²) in [5.74, 6) is -1.09. The summed E-state index contributed by atoms with van der Waals surface area (Å²) in [6.45, 7) is 1.37. The zero-order valence-electron chi connectivity index (χ0n) is 21.5. The number of rotatable bonds is 8. The van der Waals surface area contributed by atoms with E-state index in [1.807, 2.05) is 12.1 Å². The van der Waals surface area contributed by atoms with E-state index in [2.05, 4.69) is 5.32 Å². The highest BCUT2D eigenvalue weighted by molar-refractivity contribution is 6.31. The third kappa shape index (κ3) is 6.69. The van der Waals surface area contributed by atoms with Crippen LogP contribution in [0.3, 0.4) is 0 Å². The molecular weight excluding hydrogens is 546 g/mol. The molecule has 0 aliphatic carbocycles. The van der Waals surface area contributed by atoms with Gasteiger partial charge in [0.25, 0.3) is 5.91 Å². The van der Waals surface area contributed by atoms with Gasteiger partial charge >= 0.3 is 6.18 Å². The highest BCUT2D eigenvalue weighted by Gasteiger charge is 2.30. The molecular formula is C31H24ClF4NO3. The Morgan fingerprint density at radius 3 is 1.95 bits per heavy atom. The van der Waals surface area contributed by atoms with Crippen LogP contribution in [0.2, 0.25) is 5.02 Å². The number of carbonyl (C=O) groups excluding carboxylic acids is 2. The van der Waals surface area contributed by atoms with Gasteiger partial charge in [-0.25, -0.2) is 4.39 Å². The number of ketones is 1. The van der Waals surface area contributed by atoms with Crippen LogP contribution >= 0.6 is 11.6 Å². The van der Waals surface area contributed by atoms with Crippen molar-refractivity contribution < 1.29 is 31.9 Å². The molecule has 1 amide bonds. The minimum Gasteiger partial charge on any atom is -0.496 e. The normalized spacial score (nSPS) is 12.1. The highest BCUT2D eigenvalue weighted by atomic mass is 35.5. The summed E-state index contributed by atoms with van der Waals surface area (Å²) in [5, 5.41) is 2.76. The van der Waals surface area contributed by atoms with Crippen LogP contribution in [-0.2, 0) is 17.4 Å². The van der Waals surface area contributed by atoms with Crippen molar-refractivity contribution in [2.75, 3.05) is 7.11 Å². The molecule has 0 saturated carbocycles. The van der Waals surface area contributed by atoms with Crippen molar-refractivity contribution >= 4 is 23.3 Å². The Morgan fingerprint density at radius 1 is 0.850 bits per heavy atom. The van der Waals surface area contributed by atoms with Gasteiger partial charge in [0.2, 0.25) is 0 Å². The van der Waals surface area contributed by atoms with Crippen LogP contribution in [0.15, 0.2) is 84.9 Å². The Balaban J connectivity index is 1.53. The quantitative estimate of drug-likeness (QED) is 0.221. The Bertz CT molecular complexity index is 1530. The van der Waals surface area contributed by atoms with E-state index in [0.717, 1.165) is 28.8 Å². The Hall–Kier alpha value is -4.17. The number of alkyl halides is 3. The average Bonchev–Trinajstić information content (AvgIpc) is 2.93. The second-order valence-corrected chi connectivity index (χ2v) is 9.56. The molecule has 0 saturated heterocycles. The molecule has 1 atom stereocenters. The van der Waals surface area contributed by atoms with Crippen molar-refractivity contribution in [1.29, 1.82) is 0 Å². The molecule has 4 aromatic rings. The van der Waals surface area contributed by atoms with Gasteiger partial charge in [0.15, 0.2) is 5.78 Å². The molecule has 4 rings (SSSR count). The van der Waals surface area contributed by atoms with E-state index < -0.39 is 29.5 Å². The molecule has 40 heavy (non-hydrogen) atoms. The van der Waals surface area contributed by atoms with Crippen molar-refractivity contribution in [1.82, 2.24) is 5.32 Å². The number of carbonyl (C=O) groups is 2. The summed E-state index contributed by atoms with van der Waals surface area (Å²) < 4.78 is 57.6. The molecule has 206 valence electrons. The highest BCUT2D eigenvalue weighted by Crippen LogP contribution is 2.32. The number of methoxy groups -OCH3 is 1. The Kier molecular flexibility index (Phi) is 8.59.